The van der Waals surface area contributed by atoms with E-state index in [1.807, 2.05) is 24.0 Å². The second kappa shape index (κ2) is 7.07. The molecule has 5 nitrogen and oxygen atoms in total. The molecule has 0 spiro atoms. The van der Waals surface area contributed by atoms with Gasteiger partial charge in [-0.25, -0.2) is 0 Å². The van der Waals surface area contributed by atoms with E-state index < -0.39 is 0 Å². The molecular weight excluding hydrogens is 278 g/mol. The SMILES string of the molecule is Cc1ccc(OC2CCCN(C(=O)CC3CCCC3)C2)nn1. The maximum atomic E-state index is 12.4. The van der Waals surface area contributed by atoms with Crippen LogP contribution < -0.4 is 4.74 Å². The molecule has 0 N–H and O–H groups in total. The number of rotatable bonds is 4. The van der Waals surface area contributed by atoms with Gasteiger partial charge in [0.1, 0.15) is 6.10 Å². The van der Waals surface area contributed by atoms with Crippen molar-refractivity contribution >= 4 is 5.91 Å². The summed E-state index contributed by atoms with van der Waals surface area (Å²) in [6.07, 6.45) is 7.75. The molecule has 1 amide bonds. The Morgan fingerprint density at radius 3 is 2.77 bits per heavy atom. The Bertz CT molecular complexity index is 497. The first kappa shape index (κ1) is 15.3. The number of aromatic nitrogens is 2. The lowest BCUT2D eigenvalue weighted by atomic mass is 10.0. The van der Waals surface area contributed by atoms with Gasteiger partial charge in [0.2, 0.25) is 11.8 Å². The lowest BCUT2D eigenvalue weighted by Crippen LogP contribution is -2.44. The number of carbonyl (C=O) groups excluding carboxylic acids is 1. The molecule has 2 heterocycles. The van der Waals surface area contributed by atoms with E-state index in [0.717, 1.165) is 31.5 Å². The minimum absolute atomic E-state index is 0.0401. The van der Waals surface area contributed by atoms with E-state index in [9.17, 15) is 4.79 Å². The van der Waals surface area contributed by atoms with Gasteiger partial charge in [0.25, 0.3) is 0 Å². The zero-order valence-electron chi connectivity index (χ0n) is 13.3. The molecule has 1 unspecified atom stereocenters. The zero-order valence-corrected chi connectivity index (χ0v) is 13.3. The molecule has 2 aliphatic rings. The summed E-state index contributed by atoms with van der Waals surface area (Å²) in [5, 5.41) is 8.06. The van der Waals surface area contributed by atoms with Crippen molar-refractivity contribution in [3.05, 3.63) is 17.8 Å². The number of likely N-dealkylation sites (tertiary alicyclic amines) is 1. The van der Waals surface area contributed by atoms with Gasteiger partial charge in [0, 0.05) is 19.0 Å². The number of carbonyl (C=O) groups is 1. The number of nitrogens with zero attached hydrogens (tertiary/aromatic N) is 3. The van der Waals surface area contributed by atoms with Crippen LogP contribution in [0.25, 0.3) is 0 Å². The highest BCUT2D eigenvalue weighted by molar-refractivity contribution is 5.76. The molecule has 2 fully saturated rings. The smallest absolute Gasteiger partial charge is 0.233 e. The zero-order chi connectivity index (χ0) is 15.4. The van der Waals surface area contributed by atoms with Crippen LogP contribution in [-0.4, -0.2) is 40.2 Å². The standard InChI is InChI=1S/C17H25N3O2/c1-13-8-9-16(19-18-13)22-15-7-4-10-20(12-15)17(21)11-14-5-2-3-6-14/h8-9,14-15H,2-7,10-12H2,1H3. The number of hydrogen-bond donors (Lipinski definition) is 0. The minimum atomic E-state index is 0.0401. The predicted octanol–water partition coefficient (Wildman–Crippen LogP) is 2.74. The van der Waals surface area contributed by atoms with Gasteiger partial charge in [0.15, 0.2) is 0 Å². The molecule has 1 aromatic rings. The fourth-order valence-electron chi connectivity index (χ4n) is 3.47. The van der Waals surface area contributed by atoms with Gasteiger partial charge >= 0.3 is 0 Å². The summed E-state index contributed by atoms with van der Waals surface area (Å²) in [5.74, 6) is 1.47. The van der Waals surface area contributed by atoms with E-state index in [4.69, 9.17) is 4.74 Å². The first-order valence-electron chi connectivity index (χ1n) is 8.45. The lowest BCUT2D eigenvalue weighted by Gasteiger charge is -2.33. The lowest BCUT2D eigenvalue weighted by molar-refractivity contribution is -0.134. The Balaban J connectivity index is 1.52. The summed E-state index contributed by atoms with van der Waals surface area (Å²) in [4.78, 5) is 14.4. The van der Waals surface area contributed by atoms with Crippen molar-refractivity contribution in [1.82, 2.24) is 15.1 Å². The molecule has 0 bridgehead atoms. The number of amides is 1. The van der Waals surface area contributed by atoms with Gasteiger partial charge in [-0.05, 0) is 44.6 Å². The molecule has 1 saturated heterocycles. The summed E-state index contributed by atoms with van der Waals surface area (Å²) < 4.78 is 5.89. The maximum Gasteiger partial charge on any atom is 0.233 e. The minimum Gasteiger partial charge on any atom is -0.471 e. The highest BCUT2D eigenvalue weighted by Crippen LogP contribution is 2.28. The molecule has 1 saturated carbocycles. The Kier molecular flexibility index (Phi) is 4.90. The van der Waals surface area contributed by atoms with Crippen molar-refractivity contribution in [3.8, 4) is 5.88 Å². The van der Waals surface area contributed by atoms with Crippen LogP contribution in [0.1, 0.15) is 50.6 Å². The van der Waals surface area contributed by atoms with Gasteiger partial charge in [0.05, 0.1) is 12.2 Å². The first-order chi connectivity index (χ1) is 10.7. The van der Waals surface area contributed by atoms with Crippen molar-refractivity contribution in [2.75, 3.05) is 13.1 Å². The monoisotopic (exact) mass is 303 g/mol. The molecule has 0 aromatic carbocycles. The summed E-state index contributed by atoms with van der Waals surface area (Å²) in [6.45, 7) is 3.45. The van der Waals surface area contributed by atoms with Crippen LogP contribution >= 0.6 is 0 Å². The third-order valence-corrected chi connectivity index (χ3v) is 4.73. The van der Waals surface area contributed by atoms with E-state index in [1.54, 1.807) is 0 Å². The Morgan fingerprint density at radius 2 is 2.05 bits per heavy atom. The van der Waals surface area contributed by atoms with E-state index in [2.05, 4.69) is 10.2 Å². The van der Waals surface area contributed by atoms with Crippen molar-refractivity contribution in [1.29, 1.82) is 0 Å². The van der Waals surface area contributed by atoms with Gasteiger partial charge < -0.3 is 9.64 Å². The second-order valence-corrected chi connectivity index (χ2v) is 6.59. The first-order valence-corrected chi connectivity index (χ1v) is 8.45. The Hall–Kier alpha value is -1.65. The van der Waals surface area contributed by atoms with Crippen LogP contribution in [0.5, 0.6) is 5.88 Å². The van der Waals surface area contributed by atoms with Gasteiger partial charge in [-0.15, -0.1) is 5.10 Å². The molecular formula is C17H25N3O2. The third-order valence-electron chi connectivity index (χ3n) is 4.73. The van der Waals surface area contributed by atoms with E-state index in [0.29, 0.717) is 24.2 Å². The molecule has 1 aromatic heterocycles. The quantitative estimate of drug-likeness (QED) is 0.858. The van der Waals surface area contributed by atoms with Crippen molar-refractivity contribution in [2.45, 2.75) is 58.0 Å². The van der Waals surface area contributed by atoms with E-state index >= 15 is 0 Å². The molecule has 0 radical (unpaired) electrons. The molecule has 1 atom stereocenters. The van der Waals surface area contributed by atoms with Gasteiger partial charge in [-0.1, -0.05) is 12.8 Å². The van der Waals surface area contributed by atoms with Gasteiger partial charge in [-0.2, -0.15) is 5.10 Å². The fraction of sp³-hybridized carbons (Fsp3) is 0.706. The number of piperidine rings is 1. The second-order valence-electron chi connectivity index (χ2n) is 6.59. The average Bonchev–Trinajstić information content (AvgIpc) is 3.03. The summed E-state index contributed by atoms with van der Waals surface area (Å²) in [5.41, 5.74) is 0.879. The van der Waals surface area contributed by atoms with E-state index in [-0.39, 0.29) is 6.10 Å². The molecule has 1 aliphatic heterocycles. The number of ether oxygens (including phenoxy) is 1. The van der Waals surface area contributed by atoms with Crippen molar-refractivity contribution in [2.24, 2.45) is 5.92 Å². The molecule has 5 heteroatoms. The highest BCUT2D eigenvalue weighted by Gasteiger charge is 2.27. The van der Waals surface area contributed by atoms with E-state index in [1.165, 1.54) is 25.7 Å². The van der Waals surface area contributed by atoms with Crippen LogP contribution in [0.15, 0.2) is 12.1 Å². The van der Waals surface area contributed by atoms with Crippen LogP contribution in [-0.2, 0) is 4.79 Å². The topological polar surface area (TPSA) is 55.3 Å². The molecule has 22 heavy (non-hydrogen) atoms. The third kappa shape index (κ3) is 3.96. The van der Waals surface area contributed by atoms with Crippen LogP contribution in [0, 0.1) is 12.8 Å². The molecule has 1 aliphatic carbocycles. The van der Waals surface area contributed by atoms with Crippen LogP contribution in [0.2, 0.25) is 0 Å². The van der Waals surface area contributed by atoms with Crippen molar-refractivity contribution < 1.29 is 9.53 Å². The van der Waals surface area contributed by atoms with Crippen molar-refractivity contribution in [3.63, 3.8) is 0 Å². The Labute approximate surface area is 132 Å². The van der Waals surface area contributed by atoms with Crippen LogP contribution in [0.4, 0.5) is 0 Å². The van der Waals surface area contributed by atoms with Crippen LogP contribution in [0.3, 0.4) is 0 Å². The number of aryl methyl sites for hydroxylation is 1. The summed E-state index contributed by atoms with van der Waals surface area (Å²) in [6, 6.07) is 3.75. The van der Waals surface area contributed by atoms with Gasteiger partial charge in [-0.3, -0.25) is 4.79 Å². The largest absolute Gasteiger partial charge is 0.471 e. The maximum absolute atomic E-state index is 12.4. The summed E-state index contributed by atoms with van der Waals surface area (Å²) in [7, 11) is 0. The molecule has 3 rings (SSSR count). The summed E-state index contributed by atoms with van der Waals surface area (Å²) >= 11 is 0. The highest BCUT2D eigenvalue weighted by atomic mass is 16.5. The Morgan fingerprint density at radius 1 is 1.23 bits per heavy atom. The average molecular weight is 303 g/mol. The fourth-order valence-corrected chi connectivity index (χ4v) is 3.47. The predicted molar refractivity (Wildman–Crippen MR) is 83.6 cm³/mol. The number of hydrogen-bond acceptors (Lipinski definition) is 4. The molecule has 120 valence electrons. The normalized spacial score (nSPS) is 22.8.